The Labute approximate surface area is 299 Å². The molecule has 0 radical (unpaired) electrons. The maximum atomic E-state index is 16.3. The molecular formula is C37H40ClFN6O4S. The molecule has 3 aromatic heterocycles. The van der Waals surface area contributed by atoms with Crippen molar-refractivity contribution in [2.45, 2.75) is 72.2 Å². The topological polar surface area (TPSA) is 114 Å². The first-order chi connectivity index (χ1) is 23.8. The van der Waals surface area contributed by atoms with Gasteiger partial charge in [-0.25, -0.2) is 19.2 Å². The Balaban J connectivity index is 1.24. The van der Waals surface area contributed by atoms with Gasteiger partial charge >= 0.3 is 6.09 Å². The van der Waals surface area contributed by atoms with Gasteiger partial charge in [0, 0.05) is 35.1 Å². The molecule has 0 aliphatic carbocycles. The van der Waals surface area contributed by atoms with Crippen molar-refractivity contribution in [1.29, 1.82) is 0 Å². The van der Waals surface area contributed by atoms with Crippen molar-refractivity contribution in [3.63, 3.8) is 0 Å². The van der Waals surface area contributed by atoms with Gasteiger partial charge in [-0.3, -0.25) is 9.36 Å². The number of alkyl carbamates (subject to hydrolysis) is 1. The lowest BCUT2D eigenvalue weighted by Gasteiger charge is -2.30. The zero-order chi connectivity index (χ0) is 35.5. The summed E-state index contributed by atoms with van der Waals surface area (Å²) in [5, 5.41) is 5.16. The fourth-order valence-electron chi connectivity index (χ4n) is 6.91. The molecular weight excluding hydrogens is 679 g/mol. The normalized spacial score (nSPS) is 17.8. The van der Waals surface area contributed by atoms with Crippen molar-refractivity contribution in [3.8, 4) is 28.3 Å². The molecule has 2 N–H and O–H groups in total. The van der Waals surface area contributed by atoms with Crippen LogP contribution in [0.3, 0.4) is 0 Å². The van der Waals surface area contributed by atoms with Crippen LogP contribution in [-0.4, -0.2) is 56.1 Å². The number of rotatable bonds is 7. The summed E-state index contributed by atoms with van der Waals surface area (Å²) in [7, 11) is 1.27. The van der Waals surface area contributed by atoms with Gasteiger partial charge in [0.1, 0.15) is 23.4 Å². The second kappa shape index (κ2) is 13.0. The highest BCUT2D eigenvalue weighted by Crippen LogP contribution is 2.48. The van der Waals surface area contributed by atoms with Gasteiger partial charge in [0.05, 0.1) is 51.7 Å². The van der Waals surface area contributed by atoms with Crippen molar-refractivity contribution in [2.75, 3.05) is 13.7 Å². The minimum atomic E-state index is -0.743. The number of benzene rings is 2. The third-order valence-corrected chi connectivity index (χ3v) is 10.5. The van der Waals surface area contributed by atoms with Crippen molar-refractivity contribution >= 4 is 45.8 Å². The predicted octanol–water partition coefficient (Wildman–Crippen LogP) is 8.52. The van der Waals surface area contributed by atoms with Crippen LogP contribution in [0.2, 0.25) is 5.02 Å². The number of aromatic nitrogens is 4. The van der Waals surface area contributed by atoms with E-state index in [-0.39, 0.29) is 23.3 Å². The van der Waals surface area contributed by atoms with Crippen LogP contribution in [0.25, 0.3) is 33.4 Å². The summed E-state index contributed by atoms with van der Waals surface area (Å²) >= 11 is 7.97. The number of nitrogens with one attached hydrogen (secondary N) is 2. The van der Waals surface area contributed by atoms with Gasteiger partial charge in [0.15, 0.2) is 0 Å². The average molecular weight is 719 g/mol. The van der Waals surface area contributed by atoms with Crippen LogP contribution in [-0.2, 0) is 16.0 Å². The van der Waals surface area contributed by atoms with Gasteiger partial charge in [-0.05, 0) is 60.6 Å². The number of carbonyl (C=O) groups is 2. The predicted molar refractivity (Wildman–Crippen MR) is 192 cm³/mol. The molecule has 5 aromatic rings. The van der Waals surface area contributed by atoms with E-state index in [1.165, 1.54) is 13.2 Å². The molecule has 5 heterocycles. The minimum Gasteiger partial charge on any atom is -0.464 e. The van der Waals surface area contributed by atoms with Crippen LogP contribution in [0.15, 0.2) is 48.8 Å². The number of hydrogen-bond donors (Lipinski definition) is 2. The van der Waals surface area contributed by atoms with E-state index in [0.29, 0.717) is 52.1 Å². The highest BCUT2D eigenvalue weighted by Gasteiger charge is 2.38. The lowest BCUT2D eigenvalue weighted by atomic mass is 9.93. The maximum absolute atomic E-state index is 16.3. The molecule has 7 rings (SSSR count). The van der Waals surface area contributed by atoms with Gasteiger partial charge in [-0.1, -0.05) is 46.2 Å². The van der Waals surface area contributed by atoms with E-state index in [0.717, 1.165) is 33.6 Å². The second-order valence-electron chi connectivity index (χ2n) is 14.5. The number of fused-ring (bicyclic) bond motifs is 5. The molecule has 2 aliphatic rings. The van der Waals surface area contributed by atoms with E-state index >= 15 is 4.39 Å². The Kier molecular flexibility index (Phi) is 8.88. The number of carbonyl (C=O) groups excluding carboxylic acids is 2. The SMILES string of the molecule is COC(=O)N[C@H](C(=O)N1CCC[C@H]1c1ncc(-c2cc(F)c3c(c2)OC(c2cnc(CC(C)(C)C)s2)n2c-3cc3cc(Cl)ccc32)[nH]1)C(C)C. The Hall–Kier alpha value is -4.42. The summed E-state index contributed by atoms with van der Waals surface area (Å²) in [4.78, 5) is 41.0. The molecule has 2 aliphatic heterocycles. The Bertz CT molecular complexity index is 2100. The Morgan fingerprint density at radius 2 is 1.98 bits per heavy atom. The first-order valence-corrected chi connectivity index (χ1v) is 18.0. The molecule has 1 saturated heterocycles. The highest BCUT2D eigenvalue weighted by molar-refractivity contribution is 7.11. The standard InChI is InChI=1S/C37H40ClFN6O4S/c1-19(2)32(43-36(47)48-6)34(46)44-11-7-8-26(44)33-41-17-24(42-33)20-13-23(39)31-27-14-21-12-22(38)9-10-25(21)45(27)35(49-28(31)15-20)29-18-40-30(50-29)16-37(3,4)5/h9-10,12-15,17-19,26,32,35H,7-8,11,16H2,1-6H3,(H,41,42)(H,43,47)/t26-,32-,35?/m0/s1. The summed E-state index contributed by atoms with van der Waals surface area (Å²) in [5.41, 5.74) is 3.15. The van der Waals surface area contributed by atoms with Gasteiger partial charge in [0.25, 0.3) is 0 Å². The zero-order valence-corrected chi connectivity index (χ0v) is 30.4. The van der Waals surface area contributed by atoms with Crippen LogP contribution in [0.1, 0.15) is 75.4 Å². The Morgan fingerprint density at radius 1 is 1.18 bits per heavy atom. The summed E-state index contributed by atoms with van der Waals surface area (Å²) in [6.07, 6.45) is 4.59. The number of H-pyrrole nitrogens is 1. The van der Waals surface area contributed by atoms with Gasteiger partial charge in [-0.15, -0.1) is 11.3 Å². The third-order valence-electron chi connectivity index (χ3n) is 9.23. The maximum Gasteiger partial charge on any atom is 0.407 e. The van der Waals surface area contributed by atoms with Crippen LogP contribution < -0.4 is 10.1 Å². The molecule has 50 heavy (non-hydrogen) atoms. The van der Waals surface area contributed by atoms with Crippen LogP contribution in [0.5, 0.6) is 5.75 Å². The number of aromatic amines is 1. The zero-order valence-electron chi connectivity index (χ0n) is 28.8. The number of imidazole rings is 1. The summed E-state index contributed by atoms with van der Waals surface area (Å²) in [6, 6.07) is 9.84. The molecule has 0 spiro atoms. The van der Waals surface area contributed by atoms with Crippen molar-refractivity contribution < 1.29 is 23.5 Å². The number of halogens is 2. The third kappa shape index (κ3) is 6.35. The summed E-state index contributed by atoms with van der Waals surface area (Å²) < 4.78 is 29.8. The number of ether oxygens (including phenoxy) is 2. The molecule has 3 atom stereocenters. The van der Waals surface area contributed by atoms with E-state index in [9.17, 15) is 9.59 Å². The smallest absolute Gasteiger partial charge is 0.407 e. The average Bonchev–Trinajstić information content (AvgIpc) is 3.87. The van der Waals surface area contributed by atoms with E-state index in [1.807, 2.05) is 54.9 Å². The minimum absolute atomic E-state index is 0.0665. The molecule has 1 unspecified atom stereocenters. The first-order valence-electron chi connectivity index (χ1n) is 16.8. The van der Waals surface area contributed by atoms with Crippen molar-refractivity contribution in [1.82, 2.24) is 29.7 Å². The van der Waals surface area contributed by atoms with Gasteiger partial charge in [0.2, 0.25) is 12.1 Å². The van der Waals surface area contributed by atoms with Crippen molar-refractivity contribution in [2.24, 2.45) is 11.3 Å². The molecule has 10 nitrogen and oxygen atoms in total. The molecule has 2 aromatic carbocycles. The van der Waals surface area contributed by atoms with Gasteiger partial charge < -0.3 is 24.7 Å². The fraction of sp³-hybridized carbons (Fsp3) is 0.405. The molecule has 13 heteroatoms. The highest BCUT2D eigenvalue weighted by atomic mass is 35.5. The van der Waals surface area contributed by atoms with E-state index in [2.05, 4.69) is 36.1 Å². The lowest BCUT2D eigenvalue weighted by Crippen LogP contribution is -2.51. The van der Waals surface area contributed by atoms with E-state index in [1.54, 1.807) is 22.4 Å². The quantitative estimate of drug-likeness (QED) is 0.174. The molecule has 1 fully saturated rings. The number of amides is 2. The molecule has 0 saturated carbocycles. The van der Waals surface area contributed by atoms with Gasteiger partial charge in [-0.2, -0.15) is 0 Å². The van der Waals surface area contributed by atoms with E-state index in [4.69, 9.17) is 26.1 Å². The van der Waals surface area contributed by atoms with Crippen LogP contribution in [0.4, 0.5) is 9.18 Å². The largest absolute Gasteiger partial charge is 0.464 e. The summed E-state index contributed by atoms with van der Waals surface area (Å²) in [6.45, 7) is 10.8. The van der Waals surface area contributed by atoms with Crippen LogP contribution in [0, 0.1) is 17.2 Å². The molecule has 2 amide bonds. The monoisotopic (exact) mass is 718 g/mol. The molecule has 262 valence electrons. The second-order valence-corrected chi connectivity index (χ2v) is 16.1. The summed E-state index contributed by atoms with van der Waals surface area (Å²) in [5.74, 6) is 0.209. The Morgan fingerprint density at radius 3 is 2.72 bits per heavy atom. The number of likely N-dealkylation sites (tertiary alicyclic amines) is 1. The number of methoxy groups -OCH3 is 1. The van der Waals surface area contributed by atoms with Crippen molar-refractivity contribution in [3.05, 3.63) is 75.3 Å². The lowest BCUT2D eigenvalue weighted by molar-refractivity contribution is -0.135. The molecule has 0 bridgehead atoms. The first kappa shape index (κ1) is 34.0. The fourth-order valence-corrected chi connectivity index (χ4v) is 8.33. The van der Waals surface area contributed by atoms with Crippen LogP contribution >= 0.6 is 22.9 Å². The van der Waals surface area contributed by atoms with E-state index < -0.39 is 24.2 Å². The number of nitrogens with zero attached hydrogens (tertiary/aromatic N) is 4. The number of thiazole rings is 1. The number of hydrogen-bond acceptors (Lipinski definition) is 7.